The van der Waals surface area contributed by atoms with Gasteiger partial charge in [-0.2, -0.15) is 0 Å². The fourth-order valence-electron chi connectivity index (χ4n) is 1.60. The smallest absolute Gasteiger partial charge is 0.161 e. The van der Waals surface area contributed by atoms with Gasteiger partial charge >= 0.3 is 0 Å². The van der Waals surface area contributed by atoms with Gasteiger partial charge in [-0.25, -0.2) is 0 Å². The molecular weight excluding hydrogens is 286 g/mol. The first kappa shape index (κ1) is 14.3. The van der Waals surface area contributed by atoms with Crippen LogP contribution in [0.4, 0.5) is 0 Å². The number of ether oxygens (including phenoxy) is 3. The topological polar surface area (TPSA) is 53.7 Å². The molecule has 17 heavy (non-hydrogen) atoms. The van der Waals surface area contributed by atoms with Crippen molar-refractivity contribution in [1.82, 2.24) is 0 Å². The number of rotatable bonds is 6. The van der Waals surface area contributed by atoms with Crippen LogP contribution < -0.4 is 15.2 Å². The molecule has 0 bridgehead atoms. The number of benzene rings is 1. The first-order valence-electron chi connectivity index (χ1n) is 5.41. The van der Waals surface area contributed by atoms with Gasteiger partial charge in [0, 0.05) is 23.2 Å². The van der Waals surface area contributed by atoms with E-state index < -0.39 is 0 Å². The SMILES string of the molecule is CCOC(CN)c1cc(OC)c(OC)cc1Br. The Kier molecular flexibility index (Phi) is 5.74. The summed E-state index contributed by atoms with van der Waals surface area (Å²) in [6, 6.07) is 3.74. The van der Waals surface area contributed by atoms with Gasteiger partial charge in [0.25, 0.3) is 0 Å². The van der Waals surface area contributed by atoms with Crippen molar-refractivity contribution in [2.45, 2.75) is 13.0 Å². The highest BCUT2D eigenvalue weighted by Crippen LogP contribution is 2.36. The van der Waals surface area contributed by atoms with Crippen molar-refractivity contribution in [1.29, 1.82) is 0 Å². The van der Waals surface area contributed by atoms with Crippen molar-refractivity contribution < 1.29 is 14.2 Å². The minimum absolute atomic E-state index is 0.144. The molecule has 0 saturated heterocycles. The third-order valence-corrected chi connectivity index (χ3v) is 3.12. The first-order chi connectivity index (χ1) is 8.17. The third-order valence-electron chi connectivity index (χ3n) is 2.43. The van der Waals surface area contributed by atoms with Gasteiger partial charge in [-0.05, 0) is 19.1 Å². The molecule has 0 radical (unpaired) electrons. The van der Waals surface area contributed by atoms with Crippen LogP contribution in [0.5, 0.6) is 11.5 Å². The Morgan fingerprint density at radius 2 is 1.82 bits per heavy atom. The summed E-state index contributed by atoms with van der Waals surface area (Å²) >= 11 is 3.49. The first-order valence-corrected chi connectivity index (χ1v) is 6.20. The quantitative estimate of drug-likeness (QED) is 0.877. The molecule has 4 nitrogen and oxygen atoms in total. The Balaban J connectivity index is 3.14. The van der Waals surface area contributed by atoms with Crippen LogP contribution in [0.2, 0.25) is 0 Å². The van der Waals surface area contributed by atoms with E-state index in [2.05, 4.69) is 15.9 Å². The molecule has 1 rings (SSSR count). The van der Waals surface area contributed by atoms with E-state index >= 15 is 0 Å². The Morgan fingerprint density at radius 3 is 2.29 bits per heavy atom. The molecule has 0 spiro atoms. The van der Waals surface area contributed by atoms with E-state index in [0.717, 1.165) is 10.0 Å². The lowest BCUT2D eigenvalue weighted by atomic mass is 10.1. The number of hydrogen-bond donors (Lipinski definition) is 1. The van der Waals surface area contributed by atoms with Crippen LogP contribution in [0, 0.1) is 0 Å². The van der Waals surface area contributed by atoms with E-state index in [1.165, 1.54) is 0 Å². The summed E-state index contributed by atoms with van der Waals surface area (Å²) in [6.07, 6.45) is -0.144. The molecule has 0 aliphatic carbocycles. The van der Waals surface area contributed by atoms with Gasteiger partial charge in [0.1, 0.15) is 0 Å². The van der Waals surface area contributed by atoms with Crippen LogP contribution in [-0.2, 0) is 4.74 Å². The Bertz CT molecular complexity index is 371. The molecule has 96 valence electrons. The zero-order valence-corrected chi connectivity index (χ0v) is 11.9. The summed E-state index contributed by atoms with van der Waals surface area (Å²) in [4.78, 5) is 0. The van der Waals surface area contributed by atoms with E-state index in [1.54, 1.807) is 14.2 Å². The Hall–Kier alpha value is -0.780. The van der Waals surface area contributed by atoms with Crippen LogP contribution >= 0.6 is 15.9 Å². The third kappa shape index (κ3) is 3.34. The van der Waals surface area contributed by atoms with Crippen molar-refractivity contribution in [3.8, 4) is 11.5 Å². The van der Waals surface area contributed by atoms with E-state index in [-0.39, 0.29) is 6.10 Å². The van der Waals surface area contributed by atoms with Gasteiger partial charge in [0.15, 0.2) is 11.5 Å². The second kappa shape index (κ2) is 6.83. The second-order valence-electron chi connectivity index (χ2n) is 3.41. The van der Waals surface area contributed by atoms with Crippen molar-refractivity contribution in [2.75, 3.05) is 27.4 Å². The molecule has 0 aliphatic rings. The van der Waals surface area contributed by atoms with Gasteiger partial charge in [-0.3, -0.25) is 0 Å². The van der Waals surface area contributed by atoms with Gasteiger partial charge in [0.2, 0.25) is 0 Å². The normalized spacial score (nSPS) is 12.3. The van der Waals surface area contributed by atoms with Crippen LogP contribution in [-0.4, -0.2) is 27.4 Å². The molecular formula is C12H18BrNO3. The maximum atomic E-state index is 5.70. The molecule has 0 heterocycles. The fraction of sp³-hybridized carbons (Fsp3) is 0.500. The summed E-state index contributed by atoms with van der Waals surface area (Å²) in [5.74, 6) is 1.35. The number of methoxy groups -OCH3 is 2. The van der Waals surface area contributed by atoms with Crippen LogP contribution in [0.1, 0.15) is 18.6 Å². The predicted molar refractivity (Wildman–Crippen MR) is 70.7 cm³/mol. The van der Waals surface area contributed by atoms with E-state index in [1.807, 2.05) is 19.1 Å². The number of halogens is 1. The molecule has 5 heteroatoms. The Labute approximate surface area is 110 Å². The minimum Gasteiger partial charge on any atom is -0.493 e. The molecule has 0 aromatic heterocycles. The van der Waals surface area contributed by atoms with Gasteiger partial charge in [-0.15, -0.1) is 0 Å². The summed E-state index contributed by atoms with van der Waals surface area (Å²) in [5.41, 5.74) is 6.67. The molecule has 2 N–H and O–H groups in total. The maximum Gasteiger partial charge on any atom is 0.161 e. The summed E-state index contributed by atoms with van der Waals surface area (Å²) < 4.78 is 17.0. The number of nitrogens with two attached hydrogens (primary N) is 1. The Morgan fingerprint density at radius 1 is 1.24 bits per heavy atom. The largest absolute Gasteiger partial charge is 0.493 e. The lowest BCUT2D eigenvalue weighted by Gasteiger charge is -2.19. The summed E-state index contributed by atoms with van der Waals surface area (Å²) in [7, 11) is 3.21. The molecule has 1 unspecified atom stereocenters. The molecule has 0 saturated carbocycles. The van der Waals surface area contributed by atoms with Crippen molar-refractivity contribution in [3.63, 3.8) is 0 Å². The molecule has 0 fully saturated rings. The average Bonchev–Trinajstić information content (AvgIpc) is 2.36. The maximum absolute atomic E-state index is 5.70. The predicted octanol–water partition coefficient (Wildman–Crippen LogP) is 2.50. The molecule has 0 amide bonds. The highest BCUT2D eigenvalue weighted by molar-refractivity contribution is 9.10. The van der Waals surface area contributed by atoms with E-state index in [9.17, 15) is 0 Å². The van der Waals surface area contributed by atoms with Gasteiger partial charge in [-0.1, -0.05) is 15.9 Å². The lowest BCUT2D eigenvalue weighted by molar-refractivity contribution is 0.0681. The van der Waals surface area contributed by atoms with Gasteiger partial charge < -0.3 is 19.9 Å². The molecule has 1 atom stereocenters. The highest BCUT2D eigenvalue weighted by Gasteiger charge is 2.17. The van der Waals surface area contributed by atoms with Crippen molar-refractivity contribution in [2.24, 2.45) is 5.73 Å². The zero-order valence-electron chi connectivity index (χ0n) is 10.3. The summed E-state index contributed by atoms with van der Waals surface area (Å²) in [6.45, 7) is 2.97. The monoisotopic (exact) mass is 303 g/mol. The molecule has 0 aliphatic heterocycles. The standard InChI is InChI=1S/C12H18BrNO3/c1-4-17-12(7-14)8-5-10(15-2)11(16-3)6-9(8)13/h5-6,12H,4,7,14H2,1-3H3. The second-order valence-corrected chi connectivity index (χ2v) is 4.26. The zero-order chi connectivity index (χ0) is 12.8. The fourth-order valence-corrected chi connectivity index (χ4v) is 2.18. The minimum atomic E-state index is -0.144. The lowest BCUT2D eigenvalue weighted by Crippen LogP contribution is -2.16. The number of hydrogen-bond acceptors (Lipinski definition) is 4. The van der Waals surface area contributed by atoms with Crippen molar-refractivity contribution in [3.05, 3.63) is 22.2 Å². The van der Waals surface area contributed by atoms with E-state index in [4.69, 9.17) is 19.9 Å². The van der Waals surface area contributed by atoms with Gasteiger partial charge in [0.05, 0.1) is 20.3 Å². The average molecular weight is 304 g/mol. The van der Waals surface area contributed by atoms with E-state index in [0.29, 0.717) is 24.7 Å². The molecule has 1 aromatic carbocycles. The van der Waals surface area contributed by atoms with Crippen molar-refractivity contribution >= 4 is 15.9 Å². The van der Waals surface area contributed by atoms with Crippen LogP contribution in [0.25, 0.3) is 0 Å². The molecule has 1 aromatic rings. The van der Waals surface area contributed by atoms with Crippen LogP contribution in [0.3, 0.4) is 0 Å². The van der Waals surface area contributed by atoms with Crippen LogP contribution in [0.15, 0.2) is 16.6 Å². The summed E-state index contributed by atoms with van der Waals surface area (Å²) in [5, 5.41) is 0. The highest BCUT2D eigenvalue weighted by atomic mass is 79.9.